The maximum absolute atomic E-state index is 13.8. The fraction of sp³-hybridized carbons (Fsp3) is 0.667. The molecule has 0 aromatic heterocycles. The molecule has 0 radical (unpaired) electrons. The predicted molar refractivity (Wildman–Crippen MR) is 109 cm³/mol. The van der Waals surface area contributed by atoms with Crippen LogP contribution in [0.25, 0.3) is 0 Å². The number of benzene rings is 1. The lowest BCUT2D eigenvalue weighted by Crippen LogP contribution is -2.49. The number of hydrogen-bond acceptors (Lipinski definition) is 4. The lowest BCUT2D eigenvalue weighted by Gasteiger charge is -2.34. The van der Waals surface area contributed by atoms with Crippen LogP contribution in [0.2, 0.25) is 0 Å². The first kappa shape index (κ1) is 21.0. The standard InChI is InChI=1S/C21H33FN4O2/c1-2-23-21(24-13-20(27)18-5-3-4-6-19(18)22)25-17-7-10-26(11-8-17)14-16-9-12-28-15-16/h3-6,16-17,20,27H,2,7-15H2,1H3,(H2,23,24,25). The Kier molecular flexibility index (Phi) is 8.06. The highest BCUT2D eigenvalue weighted by atomic mass is 19.1. The highest BCUT2D eigenvalue weighted by molar-refractivity contribution is 5.80. The summed E-state index contributed by atoms with van der Waals surface area (Å²) in [5, 5.41) is 17.0. The van der Waals surface area contributed by atoms with Crippen LogP contribution >= 0.6 is 0 Å². The van der Waals surface area contributed by atoms with Crippen molar-refractivity contribution in [1.29, 1.82) is 0 Å². The molecule has 2 unspecified atom stereocenters. The molecule has 6 nitrogen and oxygen atoms in total. The molecule has 2 saturated heterocycles. The summed E-state index contributed by atoms with van der Waals surface area (Å²) in [5.41, 5.74) is 0.284. The molecule has 2 aliphatic heterocycles. The normalized spacial score (nSPS) is 23.0. The third-order valence-corrected chi connectivity index (χ3v) is 5.50. The molecular formula is C21H33FN4O2. The molecule has 2 atom stereocenters. The minimum Gasteiger partial charge on any atom is -0.386 e. The van der Waals surface area contributed by atoms with Gasteiger partial charge in [0.15, 0.2) is 5.96 Å². The molecule has 1 aromatic carbocycles. The maximum Gasteiger partial charge on any atom is 0.191 e. The van der Waals surface area contributed by atoms with Gasteiger partial charge in [0.1, 0.15) is 11.9 Å². The number of nitrogens with one attached hydrogen (secondary N) is 2. The van der Waals surface area contributed by atoms with Gasteiger partial charge >= 0.3 is 0 Å². The van der Waals surface area contributed by atoms with Gasteiger partial charge < -0.3 is 25.4 Å². The highest BCUT2D eigenvalue weighted by Crippen LogP contribution is 2.18. The van der Waals surface area contributed by atoms with Crippen molar-refractivity contribution in [3.8, 4) is 0 Å². The van der Waals surface area contributed by atoms with Crippen LogP contribution in [-0.4, -0.2) is 67.9 Å². The van der Waals surface area contributed by atoms with Gasteiger partial charge in [0.25, 0.3) is 0 Å². The minimum atomic E-state index is -0.952. The van der Waals surface area contributed by atoms with E-state index in [4.69, 9.17) is 4.74 Å². The largest absolute Gasteiger partial charge is 0.386 e. The van der Waals surface area contributed by atoms with E-state index in [1.54, 1.807) is 18.2 Å². The molecule has 2 fully saturated rings. The first-order valence-electron chi connectivity index (χ1n) is 10.4. The Bertz CT molecular complexity index is 629. The zero-order valence-electron chi connectivity index (χ0n) is 16.7. The average Bonchev–Trinajstić information content (AvgIpc) is 3.21. The van der Waals surface area contributed by atoms with Crippen molar-refractivity contribution in [1.82, 2.24) is 15.5 Å². The number of rotatable bonds is 7. The summed E-state index contributed by atoms with van der Waals surface area (Å²) in [4.78, 5) is 7.01. The van der Waals surface area contributed by atoms with Crippen LogP contribution < -0.4 is 10.6 Å². The molecule has 3 rings (SSSR count). The monoisotopic (exact) mass is 392 g/mol. The second-order valence-electron chi connectivity index (χ2n) is 7.71. The second kappa shape index (κ2) is 10.7. The van der Waals surface area contributed by atoms with Gasteiger partial charge in [-0.05, 0) is 38.2 Å². The van der Waals surface area contributed by atoms with E-state index in [1.165, 1.54) is 12.5 Å². The summed E-state index contributed by atoms with van der Waals surface area (Å²) in [7, 11) is 0. The molecular weight excluding hydrogens is 359 g/mol. The van der Waals surface area contributed by atoms with E-state index in [1.807, 2.05) is 6.92 Å². The number of aliphatic hydroxyl groups is 1. The van der Waals surface area contributed by atoms with Crippen molar-refractivity contribution < 1.29 is 14.2 Å². The molecule has 7 heteroatoms. The van der Waals surface area contributed by atoms with Crippen LogP contribution in [0.4, 0.5) is 4.39 Å². The Morgan fingerprint density at radius 1 is 1.32 bits per heavy atom. The maximum atomic E-state index is 13.8. The number of likely N-dealkylation sites (tertiary alicyclic amines) is 1. The van der Waals surface area contributed by atoms with Crippen molar-refractivity contribution in [2.45, 2.75) is 38.3 Å². The lowest BCUT2D eigenvalue weighted by molar-refractivity contribution is 0.150. The molecule has 2 heterocycles. The van der Waals surface area contributed by atoms with Crippen molar-refractivity contribution in [2.24, 2.45) is 10.9 Å². The van der Waals surface area contributed by atoms with Crippen molar-refractivity contribution in [2.75, 3.05) is 45.9 Å². The van der Waals surface area contributed by atoms with Crippen LogP contribution in [-0.2, 0) is 4.74 Å². The van der Waals surface area contributed by atoms with E-state index in [-0.39, 0.29) is 12.1 Å². The summed E-state index contributed by atoms with van der Waals surface area (Å²) in [6, 6.07) is 6.66. The average molecular weight is 393 g/mol. The van der Waals surface area contributed by atoms with Gasteiger partial charge in [-0.15, -0.1) is 0 Å². The number of aliphatic imine (C=N–C) groups is 1. The fourth-order valence-corrected chi connectivity index (χ4v) is 3.89. The SMILES string of the molecule is CCNC(=NCC(O)c1ccccc1F)NC1CCN(CC2CCOC2)CC1. The van der Waals surface area contributed by atoms with Gasteiger partial charge in [0.05, 0.1) is 13.2 Å². The molecule has 1 aromatic rings. The van der Waals surface area contributed by atoms with Crippen LogP contribution in [0.3, 0.4) is 0 Å². The molecule has 0 saturated carbocycles. The number of guanidine groups is 1. The molecule has 156 valence electrons. The van der Waals surface area contributed by atoms with Gasteiger partial charge in [-0.25, -0.2) is 4.39 Å². The Morgan fingerprint density at radius 3 is 2.79 bits per heavy atom. The lowest BCUT2D eigenvalue weighted by atomic mass is 10.0. The minimum absolute atomic E-state index is 0.122. The van der Waals surface area contributed by atoms with E-state index in [0.717, 1.165) is 52.2 Å². The van der Waals surface area contributed by atoms with Crippen LogP contribution in [0, 0.1) is 11.7 Å². The number of piperidine rings is 1. The molecule has 0 amide bonds. The van der Waals surface area contributed by atoms with E-state index in [2.05, 4.69) is 20.5 Å². The van der Waals surface area contributed by atoms with Crippen molar-refractivity contribution in [3.63, 3.8) is 0 Å². The van der Waals surface area contributed by atoms with E-state index >= 15 is 0 Å². The highest BCUT2D eigenvalue weighted by Gasteiger charge is 2.24. The topological polar surface area (TPSA) is 69.1 Å². The van der Waals surface area contributed by atoms with E-state index in [0.29, 0.717) is 17.9 Å². The van der Waals surface area contributed by atoms with Crippen LogP contribution in [0.15, 0.2) is 29.3 Å². The number of halogens is 1. The predicted octanol–water partition coefficient (Wildman–Crippen LogP) is 1.92. The van der Waals surface area contributed by atoms with Gasteiger partial charge in [0, 0.05) is 44.4 Å². The summed E-state index contributed by atoms with van der Waals surface area (Å²) >= 11 is 0. The summed E-state index contributed by atoms with van der Waals surface area (Å²) in [6.45, 7) is 7.96. The van der Waals surface area contributed by atoms with Gasteiger partial charge in [0.2, 0.25) is 0 Å². The summed E-state index contributed by atoms with van der Waals surface area (Å²) in [5.74, 6) is 0.965. The summed E-state index contributed by atoms with van der Waals surface area (Å²) < 4.78 is 19.3. The van der Waals surface area contributed by atoms with Crippen LogP contribution in [0.5, 0.6) is 0 Å². The third kappa shape index (κ3) is 6.15. The van der Waals surface area contributed by atoms with Gasteiger partial charge in [-0.1, -0.05) is 18.2 Å². The molecule has 0 bridgehead atoms. The van der Waals surface area contributed by atoms with Crippen LogP contribution in [0.1, 0.15) is 37.9 Å². The van der Waals surface area contributed by atoms with E-state index < -0.39 is 11.9 Å². The third-order valence-electron chi connectivity index (χ3n) is 5.50. The number of hydrogen-bond donors (Lipinski definition) is 3. The van der Waals surface area contributed by atoms with Gasteiger partial charge in [-0.3, -0.25) is 4.99 Å². The second-order valence-corrected chi connectivity index (χ2v) is 7.71. The fourth-order valence-electron chi connectivity index (χ4n) is 3.89. The Balaban J connectivity index is 1.47. The molecule has 2 aliphatic rings. The van der Waals surface area contributed by atoms with Gasteiger partial charge in [-0.2, -0.15) is 0 Å². The van der Waals surface area contributed by atoms with Crippen molar-refractivity contribution >= 4 is 5.96 Å². The zero-order valence-corrected chi connectivity index (χ0v) is 16.7. The molecule has 0 aliphatic carbocycles. The smallest absolute Gasteiger partial charge is 0.191 e. The Hall–Kier alpha value is -1.70. The molecule has 0 spiro atoms. The quantitative estimate of drug-likeness (QED) is 0.489. The molecule has 3 N–H and O–H groups in total. The van der Waals surface area contributed by atoms with E-state index in [9.17, 15) is 9.50 Å². The summed E-state index contributed by atoms with van der Waals surface area (Å²) in [6.07, 6.45) is 2.36. The first-order chi connectivity index (χ1) is 13.7. The number of ether oxygens (including phenoxy) is 1. The number of nitrogens with zero attached hydrogens (tertiary/aromatic N) is 2. The Labute approximate surface area is 167 Å². The Morgan fingerprint density at radius 2 is 2.11 bits per heavy atom. The van der Waals surface area contributed by atoms with Crippen molar-refractivity contribution in [3.05, 3.63) is 35.6 Å². The first-order valence-corrected chi connectivity index (χ1v) is 10.4. The number of aliphatic hydroxyl groups excluding tert-OH is 1. The molecule has 28 heavy (non-hydrogen) atoms. The zero-order chi connectivity index (χ0) is 19.8.